The van der Waals surface area contributed by atoms with E-state index >= 15 is 0 Å². The van der Waals surface area contributed by atoms with Crippen molar-refractivity contribution >= 4 is 5.97 Å². The third-order valence-corrected chi connectivity index (χ3v) is 6.09. The highest BCUT2D eigenvalue weighted by Crippen LogP contribution is 2.17. The van der Waals surface area contributed by atoms with Gasteiger partial charge in [-0.05, 0) is 27.2 Å². The Morgan fingerprint density at radius 3 is 1.03 bits per heavy atom. The molecular formula is C28H56O2. The number of carbonyl (C=O) groups excluding carboxylic acids is 1. The quantitative estimate of drug-likeness (QED) is 0.128. The van der Waals surface area contributed by atoms with E-state index < -0.39 is 0 Å². The number of carbonyl (C=O) groups is 1. The minimum atomic E-state index is -0.368. The second-order valence-corrected chi connectivity index (χ2v) is 10.5. The SMILES string of the molecule is CCCCCCCCCCCCCCCCCCCCCCCOC(=O)C(C)(C)C. The zero-order chi connectivity index (χ0) is 22.3. The van der Waals surface area contributed by atoms with Crippen LogP contribution in [0.1, 0.15) is 163 Å². The van der Waals surface area contributed by atoms with Gasteiger partial charge in [0.1, 0.15) is 0 Å². The molecule has 0 radical (unpaired) electrons. The Balaban J connectivity index is 3.09. The first-order valence-corrected chi connectivity index (χ1v) is 13.7. The highest BCUT2D eigenvalue weighted by molar-refractivity contribution is 5.75. The van der Waals surface area contributed by atoms with Crippen molar-refractivity contribution in [3.05, 3.63) is 0 Å². The molecule has 0 atom stereocenters. The predicted octanol–water partition coefficient (Wildman–Crippen LogP) is 9.79. The smallest absolute Gasteiger partial charge is 0.311 e. The van der Waals surface area contributed by atoms with Crippen LogP contribution >= 0.6 is 0 Å². The molecule has 180 valence electrons. The van der Waals surface area contributed by atoms with Crippen molar-refractivity contribution in [2.45, 2.75) is 163 Å². The molecule has 0 bridgehead atoms. The Morgan fingerprint density at radius 2 is 0.767 bits per heavy atom. The van der Waals surface area contributed by atoms with Gasteiger partial charge in [0.25, 0.3) is 0 Å². The number of esters is 1. The van der Waals surface area contributed by atoms with Crippen LogP contribution in [0.2, 0.25) is 0 Å². The molecule has 0 unspecified atom stereocenters. The standard InChI is InChI=1S/C28H56O2/c1-5-6-7-8-9-10-11-12-13-14-15-16-17-18-19-20-21-22-23-24-25-26-30-27(29)28(2,3)4/h5-26H2,1-4H3. The molecule has 30 heavy (non-hydrogen) atoms. The van der Waals surface area contributed by atoms with E-state index in [-0.39, 0.29) is 11.4 Å². The Labute approximate surface area is 190 Å². The second kappa shape index (κ2) is 21.7. The van der Waals surface area contributed by atoms with Gasteiger partial charge in [-0.3, -0.25) is 4.79 Å². The summed E-state index contributed by atoms with van der Waals surface area (Å²) in [7, 11) is 0. The third kappa shape index (κ3) is 22.2. The van der Waals surface area contributed by atoms with Gasteiger partial charge in [-0.15, -0.1) is 0 Å². The number of rotatable bonds is 22. The van der Waals surface area contributed by atoms with E-state index in [0.717, 1.165) is 6.42 Å². The molecule has 0 aliphatic rings. The van der Waals surface area contributed by atoms with Crippen molar-refractivity contribution in [3.8, 4) is 0 Å². The molecule has 0 amide bonds. The van der Waals surface area contributed by atoms with Gasteiger partial charge in [0.05, 0.1) is 12.0 Å². The maximum Gasteiger partial charge on any atom is 0.311 e. The molecule has 0 aromatic carbocycles. The molecule has 2 nitrogen and oxygen atoms in total. The highest BCUT2D eigenvalue weighted by atomic mass is 16.5. The van der Waals surface area contributed by atoms with Crippen LogP contribution in [0.4, 0.5) is 0 Å². The number of hydrogen-bond donors (Lipinski definition) is 0. The molecular weight excluding hydrogens is 368 g/mol. The Hall–Kier alpha value is -0.530. The Kier molecular flexibility index (Phi) is 21.3. The summed E-state index contributed by atoms with van der Waals surface area (Å²) in [6.07, 6.45) is 29.3. The maximum atomic E-state index is 11.7. The number of ether oxygens (including phenoxy) is 1. The largest absolute Gasteiger partial charge is 0.465 e. The van der Waals surface area contributed by atoms with Crippen LogP contribution in [-0.2, 0) is 9.53 Å². The molecule has 2 heteroatoms. The fraction of sp³-hybridized carbons (Fsp3) is 0.964. The fourth-order valence-electron chi connectivity index (χ4n) is 3.92. The Bertz CT molecular complexity index is 356. The van der Waals surface area contributed by atoms with Gasteiger partial charge >= 0.3 is 5.97 Å². The maximum absolute atomic E-state index is 11.7. The van der Waals surface area contributed by atoms with Crippen LogP contribution in [-0.4, -0.2) is 12.6 Å². The van der Waals surface area contributed by atoms with Crippen LogP contribution < -0.4 is 0 Å². The van der Waals surface area contributed by atoms with E-state index in [1.165, 1.54) is 128 Å². The third-order valence-electron chi connectivity index (χ3n) is 6.09. The lowest BCUT2D eigenvalue weighted by Gasteiger charge is -2.16. The van der Waals surface area contributed by atoms with E-state index in [1.807, 2.05) is 20.8 Å². The number of unbranched alkanes of at least 4 members (excludes halogenated alkanes) is 20. The van der Waals surface area contributed by atoms with Crippen LogP contribution in [0, 0.1) is 5.41 Å². The number of hydrogen-bond acceptors (Lipinski definition) is 2. The average molecular weight is 425 g/mol. The van der Waals surface area contributed by atoms with Gasteiger partial charge in [-0.25, -0.2) is 0 Å². The second-order valence-electron chi connectivity index (χ2n) is 10.5. The van der Waals surface area contributed by atoms with Crippen LogP contribution in [0.3, 0.4) is 0 Å². The molecule has 0 aromatic heterocycles. The molecule has 0 rings (SSSR count). The van der Waals surface area contributed by atoms with Crippen LogP contribution in [0.15, 0.2) is 0 Å². The molecule has 0 aliphatic carbocycles. The van der Waals surface area contributed by atoms with E-state index in [1.54, 1.807) is 0 Å². The first kappa shape index (κ1) is 29.5. The molecule has 0 spiro atoms. The molecule has 0 fully saturated rings. The van der Waals surface area contributed by atoms with E-state index in [4.69, 9.17) is 4.74 Å². The summed E-state index contributed by atoms with van der Waals surface area (Å²) < 4.78 is 5.31. The lowest BCUT2D eigenvalue weighted by atomic mass is 9.97. The van der Waals surface area contributed by atoms with Gasteiger partial charge in [-0.2, -0.15) is 0 Å². The zero-order valence-electron chi connectivity index (χ0n) is 21.4. The Morgan fingerprint density at radius 1 is 0.500 bits per heavy atom. The molecule has 0 aliphatic heterocycles. The molecule has 0 N–H and O–H groups in total. The lowest BCUT2D eigenvalue weighted by molar-refractivity contribution is -0.153. The van der Waals surface area contributed by atoms with Crippen molar-refractivity contribution < 1.29 is 9.53 Å². The van der Waals surface area contributed by atoms with E-state index in [2.05, 4.69) is 6.92 Å². The van der Waals surface area contributed by atoms with Crippen molar-refractivity contribution in [1.82, 2.24) is 0 Å². The van der Waals surface area contributed by atoms with Crippen molar-refractivity contribution in [2.75, 3.05) is 6.61 Å². The first-order valence-electron chi connectivity index (χ1n) is 13.7. The van der Waals surface area contributed by atoms with Crippen LogP contribution in [0.25, 0.3) is 0 Å². The highest BCUT2D eigenvalue weighted by Gasteiger charge is 2.22. The van der Waals surface area contributed by atoms with Crippen molar-refractivity contribution in [1.29, 1.82) is 0 Å². The summed E-state index contributed by atoms with van der Waals surface area (Å²) >= 11 is 0. The summed E-state index contributed by atoms with van der Waals surface area (Å²) in [6.45, 7) is 8.62. The normalized spacial score (nSPS) is 11.7. The molecule has 0 saturated carbocycles. The van der Waals surface area contributed by atoms with Gasteiger partial charge in [-0.1, -0.05) is 135 Å². The van der Waals surface area contributed by atoms with E-state index in [9.17, 15) is 4.79 Å². The van der Waals surface area contributed by atoms with Crippen LogP contribution in [0.5, 0.6) is 0 Å². The summed E-state index contributed by atoms with van der Waals surface area (Å²) in [4.78, 5) is 11.7. The van der Waals surface area contributed by atoms with Crippen molar-refractivity contribution in [2.24, 2.45) is 5.41 Å². The first-order chi connectivity index (χ1) is 14.5. The summed E-state index contributed by atoms with van der Waals surface area (Å²) in [5.41, 5.74) is -0.368. The predicted molar refractivity (Wildman–Crippen MR) is 133 cm³/mol. The monoisotopic (exact) mass is 424 g/mol. The lowest BCUT2D eigenvalue weighted by Crippen LogP contribution is -2.23. The van der Waals surface area contributed by atoms with Gasteiger partial charge in [0.15, 0.2) is 0 Å². The van der Waals surface area contributed by atoms with Gasteiger partial charge < -0.3 is 4.74 Å². The zero-order valence-corrected chi connectivity index (χ0v) is 21.4. The molecule has 0 aromatic rings. The summed E-state index contributed by atoms with van der Waals surface area (Å²) in [5, 5.41) is 0. The average Bonchev–Trinajstić information content (AvgIpc) is 2.71. The van der Waals surface area contributed by atoms with E-state index in [0.29, 0.717) is 6.61 Å². The fourth-order valence-corrected chi connectivity index (χ4v) is 3.92. The summed E-state index contributed by atoms with van der Waals surface area (Å²) in [5.74, 6) is -0.0735. The molecule has 0 saturated heterocycles. The van der Waals surface area contributed by atoms with Gasteiger partial charge in [0, 0.05) is 0 Å². The minimum absolute atomic E-state index is 0.0735. The van der Waals surface area contributed by atoms with Gasteiger partial charge in [0.2, 0.25) is 0 Å². The summed E-state index contributed by atoms with van der Waals surface area (Å²) in [6, 6.07) is 0. The van der Waals surface area contributed by atoms with Crippen molar-refractivity contribution in [3.63, 3.8) is 0 Å². The topological polar surface area (TPSA) is 26.3 Å². The minimum Gasteiger partial charge on any atom is -0.465 e. The molecule has 0 heterocycles.